The Bertz CT molecular complexity index is 949. The van der Waals surface area contributed by atoms with Gasteiger partial charge in [-0.2, -0.15) is 0 Å². The van der Waals surface area contributed by atoms with Crippen molar-refractivity contribution in [1.29, 1.82) is 0 Å². The molecule has 0 radical (unpaired) electrons. The second-order valence-corrected chi connectivity index (χ2v) is 9.15. The average molecular weight is 473 g/mol. The topological polar surface area (TPSA) is 117 Å². The molecule has 1 aromatic rings. The van der Waals surface area contributed by atoms with Gasteiger partial charge >= 0.3 is 5.97 Å². The SMILES string of the molecule is C=CCN(C(=O)C1N(CCCCCO)C(=O)[C@@H]2[C@H](C(=O)O)[C@@H]3CCC12O3)c1ccc(OC)cc1. The van der Waals surface area contributed by atoms with Crippen LogP contribution in [0.2, 0.25) is 0 Å². The van der Waals surface area contributed by atoms with Crippen LogP contribution in [0, 0.1) is 11.8 Å². The third kappa shape index (κ3) is 3.86. The van der Waals surface area contributed by atoms with Gasteiger partial charge in [0.15, 0.2) is 0 Å². The van der Waals surface area contributed by atoms with Crippen LogP contribution in [0.3, 0.4) is 0 Å². The maximum atomic E-state index is 14.1. The number of nitrogens with zero attached hydrogens (tertiary/aromatic N) is 2. The minimum Gasteiger partial charge on any atom is -0.497 e. The number of amides is 2. The van der Waals surface area contributed by atoms with E-state index in [2.05, 4.69) is 6.58 Å². The molecule has 34 heavy (non-hydrogen) atoms. The Balaban J connectivity index is 1.71. The highest BCUT2D eigenvalue weighted by Crippen LogP contribution is 2.58. The summed E-state index contributed by atoms with van der Waals surface area (Å²) in [5.74, 6) is -2.88. The predicted molar refractivity (Wildman–Crippen MR) is 123 cm³/mol. The first-order valence-corrected chi connectivity index (χ1v) is 11.8. The lowest BCUT2D eigenvalue weighted by Crippen LogP contribution is -2.56. The minimum atomic E-state index is -1.15. The zero-order chi connectivity index (χ0) is 24.5. The van der Waals surface area contributed by atoms with Crippen molar-refractivity contribution in [2.75, 3.05) is 31.7 Å². The second kappa shape index (κ2) is 9.76. The van der Waals surface area contributed by atoms with Crippen molar-refractivity contribution >= 4 is 23.5 Å². The zero-order valence-corrected chi connectivity index (χ0v) is 19.4. The average Bonchev–Trinajstić information content (AvgIpc) is 3.47. The number of carbonyl (C=O) groups is 3. The molecular formula is C25H32N2O7. The summed E-state index contributed by atoms with van der Waals surface area (Å²) in [7, 11) is 1.56. The number of carboxylic acid groups (broad SMARTS) is 1. The van der Waals surface area contributed by atoms with Crippen molar-refractivity contribution in [3.63, 3.8) is 0 Å². The number of likely N-dealkylation sites (tertiary alicyclic amines) is 1. The van der Waals surface area contributed by atoms with Gasteiger partial charge in [-0.3, -0.25) is 14.4 Å². The maximum Gasteiger partial charge on any atom is 0.310 e. The van der Waals surface area contributed by atoms with E-state index in [0.29, 0.717) is 50.1 Å². The smallest absolute Gasteiger partial charge is 0.310 e. The number of fused-ring (bicyclic) bond motifs is 1. The first-order valence-electron chi connectivity index (χ1n) is 11.8. The van der Waals surface area contributed by atoms with E-state index in [9.17, 15) is 19.5 Å². The molecule has 3 aliphatic rings. The third-order valence-corrected chi connectivity index (χ3v) is 7.34. The molecule has 184 valence electrons. The molecule has 5 atom stereocenters. The molecule has 2 N–H and O–H groups in total. The lowest BCUT2D eigenvalue weighted by molar-refractivity contribution is -0.149. The van der Waals surface area contributed by atoms with Gasteiger partial charge < -0.3 is 29.5 Å². The van der Waals surface area contributed by atoms with Gasteiger partial charge in [0.05, 0.1) is 25.0 Å². The number of unbranched alkanes of at least 4 members (excludes halogenated alkanes) is 2. The monoisotopic (exact) mass is 472 g/mol. The Morgan fingerprint density at radius 2 is 2.03 bits per heavy atom. The van der Waals surface area contributed by atoms with Gasteiger partial charge in [-0.1, -0.05) is 6.08 Å². The highest BCUT2D eigenvalue weighted by atomic mass is 16.5. The van der Waals surface area contributed by atoms with E-state index < -0.39 is 35.6 Å². The molecule has 0 aliphatic carbocycles. The van der Waals surface area contributed by atoms with E-state index in [1.165, 1.54) is 4.90 Å². The van der Waals surface area contributed by atoms with Crippen LogP contribution in [-0.4, -0.2) is 77.4 Å². The quantitative estimate of drug-likeness (QED) is 0.373. The standard InChI is InChI=1S/C25H32N2O7/c1-3-13-26(16-7-9-17(33-2)10-8-16)23(30)21-25-12-11-18(34-25)19(24(31)32)20(25)22(29)27(21)14-5-4-6-15-28/h3,7-10,18-21,28H,1,4-6,11-15H2,2H3,(H,31,32)/t18-,19+,20-,21?,25?/m0/s1. The first-order chi connectivity index (χ1) is 16.4. The number of ether oxygens (including phenoxy) is 2. The van der Waals surface area contributed by atoms with Crippen molar-refractivity contribution in [2.24, 2.45) is 11.8 Å². The van der Waals surface area contributed by atoms with Crippen LogP contribution < -0.4 is 9.64 Å². The van der Waals surface area contributed by atoms with Crippen LogP contribution >= 0.6 is 0 Å². The van der Waals surface area contributed by atoms with E-state index in [-0.39, 0.29) is 25.0 Å². The van der Waals surface area contributed by atoms with E-state index in [0.717, 1.165) is 0 Å². The number of carbonyl (C=O) groups excluding carboxylic acids is 2. The van der Waals surface area contributed by atoms with Gasteiger partial charge in [-0.15, -0.1) is 6.58 Å². The van der Waals surface area contributed by atoms with Crippen LogP contribution in [0.15, 0.2) is 36.9 Å². The summed E-state index contributed by atoms with van der Waals surface area (Å²) >= 11 is 0. The maximum absolute atomic E-state index is 14.1. The summed E-state index contributed by atoms with van der Waals surface area (Å²) in [6.07, 6.45) is 3.92. The Labute approximate surface area is 198 Å². The lowest BCUT2D eigenvalue weighted by atomic mass is 9.70. The van der Waals surface area contributed by atoms with Crippen LogP contribution in [0.25, 0.3) is 0 Å². The molecule has 0 aromatic heterocycles. The number of hydrogen-bond acceptors (Lipinski definition) is 6. The molecule has 2 unspecified atom stereocenters. The van der Waals surface area contributed by atoms with Crippen LogP contribution in [0.1, 0.15) is 32.1 Å². The van der Waals surface area contributed by atoms with Gasteiger partial charge in [0, 0.05) is 25.4 Å². The van der Waals surface area contributed by atoms with Gasteiger partial charge in [0.25, 0.3) is 5.91 Å². The van der Waals surface area contributed by atoms with Crippen molar-refractivity contribution in [3.8, 4) is 5.75 Å². The summed E-state index contributed by atoms with van der Waals surface area (Å²) in [5, 5.41) is 19.0. The Morgan fingerprint density at radius 1 is 1.29 bits per heavy atom. The van der Waals surface area contributed by atoms with Crippen molar-refractivity contribution in [2.45, 2.75) is 49.9 Å². The highest BCUT2D eigenvalue weighted by molar-refractivity contribution is 6.04. The van der Waals surface area contributed by atoms with Gasteiger partial charge in [-0.05, 0) is 56.4 Å². The molecule has 4 rings (SSSR count). The molecule has 1 aromatic carbocycles. The third-order valence-electron chi connectivity index (χ3n) is 7.34. The van der Waals surface area contributed by atoms with Crippen molar-refractivity contribution in [3.05, 3.63) is 36.9 Å². The highest BCUT2D eigenvalue weighted by Gasteiger charge is 2.74. The van der Waals surface area contributed by atoms with Crippen molar-refractivity contribution < 1.29 is 34.1 Å². The molecule has 3 heterocycles. The molecular weight excluding hydrogens is 440 g/mol. The number of aliphatic carboxylic acids is 1. The molecule has 3 aliphatic heterocycles. The van der Waals surface area contributed by atoms with Gasteiger partial charge in [0.1, 0.15) is 17.4 Å². The molecule has 2 bridgehead atoms. The predicted octanol–water partition coefficient (Wildman–Crippen LogP) is 1.84. The largest absolute Gasteiger partial charge is 0.497 e. The zero-order valence-electron chi connectivity index (χ0n) is 19.4. The second-order valence-electron chi connectivity index (χ2n) is 9.15. The van der Waals surface area contributed by atoms with Gasteiger partial charge in [-0.25, -0.2) is 0 Å². The fraction of sp³-hybridized carbons (Fsp3) is 0.560. The molecule has 3 fully saturated rings. The number of benzene rings is 1. The van der Waals surface area contributed by atoms with Crippen molar-refractivity contribution in [1.82, 2.24) is 4.90 Å². The Kier molecular flexibility index (Phi) is 6.95. The summed E-state index contributed by atoms with van der Waals surface area (Å²) in [6, 6.07) is 6.13. The van der Waals surface area contributed by atoms with E-state index in [1.54, 1.807) is 42.4 Å². The fourth-order valence-corrected chi connectivity index (χ4v) is 5.89. The summed E-state index contributed by atoms with van der Waals surface area (Å²) < 4.78 is 11.5. The summed E-state index contributed by atoms with van der Waals surface area (Å²) in [5.41, 5.74) is -0.523. The van der Waals surface area contributed by atoms with Gasteiger partial charge in [0.2, 0.25) is 5.91 Å². The van der Waals surface area contributed by atoms with Crippen LogP contribution in [-0.2, 0) is 19.1 Å². The fourth-order valence-electron chi connectivity index (χ4n) is 5.89. The van der Waals surface area contributed by atoms with Crippen LogP contribution in [0.4, 0.5) is 5.69 Å². The number of anilines is 1. The number of aliphatic hydroxyl groups is 1. The summed E-state index contributed by atoms with van der Waals surface area (Å²) in [6.45, 7) is 4.37. The molecule has 2 amide bonds. The van der Waals surface area contributed by atoms with E-state index >= 15 is 0 Å². The Morgan fingerprint density at radius 3 is 2.65 bits per heavy atom. The number of rotatable bonds is 11. The molecule has 9 heteroatoms. The molecule has 3 saturated heterocycles. The number of hydrogen-bond donors (Lipinski definition) is 2. The minimum absolute atomic E-state index is 0.0549. The Hall–Kier alpha value is -2.91. The lowest BCUT2D eigenvalue weighted by Gasteiger charge is -2.36. The number of carboxylic acids is 1. The van der Waals surface area contributed by atoms with Crippen LogP contribution in [0.5, 0.6) is 5.75 Å². The number of methoxy groups -OCH3 is 1. The molecule has 1 spiro atoms. The molecule has 0 saturated carbocycles. The normalized spacial score (nSPS) is 29.2. The van der Waals surface area contributed by atoms with E-state index in [1.807, 2.05) is 0 Å². The first kappa shape index (κ1) is 24.2. The number of aliphatic hydroxyl groups excluding tert-OH is 1. The molecule has 9 nitrogen and oxygen atoms in total. The van der Waals surface area contributed by atoms with E-state index in [4.69, 9.17) is 14.6 Å². The summed E-state index contributed by atoms with van der Waals surface area (Å²) in [4.78, 5) is 42.9.